The summed E-state index contributed by atoms with van der Waals surface area (Å²) in [6, 6.07) is 14.6. The number of amides is 1. The normalized spacial score (nSPS) is 15.8. The van der Waals surface area contributed by atoms with E-state index in [9.17, 15) is 4.79 Å². The fourth-order valence-electron chi connectivity index (χ4n) is 3.69. The second-order valence-electron chi connectivity index (χ2n) is 7.57. The summed E-state index contributed by atoms with van der Waals surface area (Å²) in [5, 5.41) is 4.12. The van der Waals surface area contributed by atoms with Crippen molar-refractivity contribution in [2.24, 2.45) is 0 Å². The van der Waals surface area contributed by atoms with E-state index in [1.807, 2.05) is 53.4 Å². The molecule has 7 nitrogen and oxygen atoms in total. The lowest BCUT2D eigenvalue weighted by Gasteiger charge is -2.22. The molecule has 1 fully saturated rings. The number of ether oxygens (including phenoxy) is 2. The van der Waals surface area contributed by atoms with Gasteiger partial charge in [0.1, 0.15) is 17.5 Å². The number of carbonyl (C=O) groups is 1. The Bertz CT molecular complexity index is 998. The van der Waals surface area contributed by atoms with Crippen LogP contribution in [0, 0.1) is 0 Å². The van der Waals surface area contributed by atoms with Crippen LogP contribution in [0.25, 0.3) is 11.4 Å². The molecule has 1 aliphatic heterocycles. The molecular formula is C24H27N3O4. The molecule has 0 radical (unpaired) electrons. The Morgan fingerprint density at radius 2 is 1.87 bits per heavy atom. The van der Waals surface area contributed by atoms with Crippen molar-refractivity contribution in [3.05, 3.63) is 60.0 Å². The van der Waals surface area contributed by atoms with E-state index in [2.05, 4.69) is 17.1 Å². The molecule has 0 unspecified atom stereocenters. The number of unbranched alkanes of at least 4 members (excludes halogenated alkanes) is 1. The van der Waals surface area contributed by atoms with Gasteiger partial charge in [0, 0.05) is 17.7 Å². The van der Waals surface area contributed by atoms with E-state index >= 15 is 0 Å². The molecule has 1 aromatic heterocycles. The summed E-state index contributed by atoms with van der Waals surface area (Å²) in [6.45, 7) is 3.48. The molecule has 0 bridgehead atoms. The zero-order chi connectivity index (χ0) is 21.6. The summed E-state index contributed by atoms with van der Waals surface area (Å²) < 4.78 is 16.4. The molecule has 7 heteroatoms. The molecule has 1 aliphatic rings. The maximum absolute atomic E-state index is 13.1. The van der Waals surface area contributed by atoms with E-state index in [4.69, 9.17) is 14.0 Å². The molecule has 162 valence electrons. The zero-order valence-corrected chi connectivity index (χ0v) is 17.9. The third kappa shape index (κ3) is 4.71. The Morgan fingerprint density at radius 3 is 2.58 bits per heavy atom. The van der Waals surface area contributed by atoms with Gasteiger partial charge in [-0.1, -0.05) is 18.5 Å². The van der Waals surface area contributed by atoms with Crippen LogP contribution in [0.2, 0.25) is 0 Å². The Labute approximate surface area is 182 Å². The Kier molecular flexibility index (Phi) is 6.50. The van der Waals surface area contributed by atoms with E-state index in [0.29, 0.717) is 30.4 Å². The van der Waals surface area contributed by atoms with E-state index in [1.165, 1.54) is 0 Å². The van der Waals surface area contributed by atoms with E-state index in [-0.39, 0.29) is 11.9 Å². The second kappa shape index (κ2) is 9.64. The number of hydrogen-bond donors (Lipinski definition) is 0. The quantitative estimate of drug-likeness (QED) is 0.481. The van der Waals surface area contributed by atoms with Gasteiger partial charge in [-0.05, 0) is 67.8 Å². The van der Waals surface area contributed by atoms with Gasteiger partial charge in [0.25, 0.3) is 5.91 Å². The van der Waals surface area contributed by atoms with Gasteiger partial charge < -0.3 is 18.9 Å². The van der Waals surface area contributed by atoms with Crippen LogP contribution in [0.5, 0.6) is 11.5 Å². The number of aromatic nitrogens is 2. The first kappa shape index (κ1) is 20.9. The highest BCUT2D eigenvalue weighted by Crippen LogP contribution is 2.33. The van der Waals surface area contributed by atoms with Crippen LogP contribution in [-0.4, -0.2) is 41.2 Å². The topological polar surface area (TPSA) is 77.7 Å². The van der Waals surface area contributed by atoms with Crippen LogP contribution < -0.4 is 9.47 Å². The molecule has 1 amide bonds. The summed E-state index contributed by atoms with van der Waals surface area (Å²) in [5.74, 6) is 2.49. The molecule has 2 heterocycles. The largest absolute Gasteiger partial charge is 0.497 e. The Hall–Kier alpha value is -3.35. The van der Waals surface area contributed by atoms with Crippen molar-refractivity contribution >= 4 is 5.91 Å². The molecule has 3 aromatic rings. The molecule has 4 rings (SSSR count). The van der Waals surface area contributed by atoms with Gasteiger partial charge in [-0.15, -0.1) is 0 Å². The lowest BCUT2D eigenvalue weighted by atomic mass is 10.1. The molecule has 2 aromatic carbocycles. The summed E-state index contributed by atoms with van der Waals surface area (Å²) in [6.07, 6.45) is 3.80. The lowest BCUT2D eigenvalue weighted by Crippen LogP contribution is -2.30. The highest BCUT2D eigenvalue weighted by molar-refractivity contribution is 5.94. The van der Waals surface area contributed by atoms with E-state index < -0.39 is 0 Å². The van der Waals surface area contributed by atoms with Gasteiger partial charge in [-0.3, -0.25) is 4.79 Å². The van der Waals surface area contributed by atoms with Gasteiger partial charge in [-0.25, -0.2) is 0 Å². The van der Waals surface area contributed by atoms with Crippen LogP contribution in [-0.2, 0) is 0 Å². The van der Waals surface area contributed by atoms with Crippen LogP contribution >= 0.6 is 0 Å². The minimum Gasteiger partial charge on any atom is -0.497 e. The number of benzene rings is 2. The molecule has 31 heavy (non-hydrogen) atoms. The summed E-state index contributed by atoms with van der Waals surface area (Å²) >= 11 is 0. The first-order valence-corrected chi connectivity index (χ1v) is 10.7. The second-order valence-corrected chi connectivity index (χ2v) is 7.57. The molecule has 0 saturated carbocycles. The summed E-state index contributed by atoms with van der Waals surface area (Å²) in [7, 11) is 1.63. The Balaban J connectivity index is 1.46. The van der Waals surface area contributed by atoms with Gasteiger partial charge >= 0.3 is 0 Å². The molecule has 0 spiro atoms. The van der Waals surface area contributed by atoms with E-state index in [0.717, 1.165) is 42.7 Å². The van der Waals surface area contributed by atoms with E-state index in [1.54, 1.807) is 7.11 Å². The Morgan fingerprint density at radius 1 is 1.13 bits per heavy atom. The van der Waals surface area contributed by atoms with Crippen molar-refractivity contribution < 1.29 is 18.8 Å². The van der Waals surface area contributed by atoms with Gasteiger partial charge in [0.05, 0.1) is 13.7 Å². The molecule has 1 saturated heterocycles. The molecule has 1 atom stereocenters. The first-order chi connectivity index (χ1) is 15.2. The predicted molar refractivity (Wildman–Crippen MR) is 116 cm³/mol. The smallest absolute Gasteiger partial charge is 0.254 e. The third-order valence-corrected chi connectivity index (χ3v) is 5.46. The average Bonchev–Trinajstić information content (AvgIpc) is 3.49. The van der Waals surface area contributed by atoms with Crippen molar-refractivity contribution in [1.29, 1.82) is 0 Å². The van der Waals surface area contributed by atoms with Gasteiger partial charge in [0.15, 0.2) is 0 Å². The number of rotatable bonds is 8. The molecule has 0 N–H and O–H groups in total. The highest BCUT2D eigenvalue weighted by atomic mass is 16.5. The minimum atomic E-state index is -0.215. The number of likely N-dealkylation sites (tertiary alicyclic amines) is 1. The van der Waals surface area contributed by atoms with Crippen molar-refractivity contribution in [2.45, 2.75) is 38.6 Å². The third-order valence-electron chi connectivity index (χ3n) is 5.46. The maximum Gasteiger partial charge on any atom is 0.254 e. The number of hydrogen-bond acceptors (Lipinski definition) is 6. The standard InChI is InChI=1S/C24H27N3O4/c1-3-4-16-30-20-13-9-18(10-14-20)24(28)27-15-5-6-21(27)23-25-22(26-31-23)17-7-11-19(29-2)12-8-17/h7-14,21H,3-6,15-16H2,1-2H3/t21-/m1/s1. The monoisotopic (exact) mass is 421 g/mol. The molecule has 0 aliphatic carbocycles. The summed E-state index contributed by atoms with van der Waals surface area (Å²) in [5.41, 5.74) is 1.47. The fourth-order valence-corrected chi connectivity index (χ4v) is 3.69. The average molecular weight is 421 g/mol. The predicted octanol–water partition coefficient (Wildman–Crippen LogP) is 4.90. The van der Waals surface area contributed by atoms with Gasteiger partial charge in [-0.2, -0.15) is 4.98 Å². The first-order valence-electron chi connectivity index (χ1n) is 10.7. The number of methoxy groups -OCH3 is 1. The molecular weight excluding hydrogens is 394 g/mol. The van der Waals surface area contributed by atoms with Crippen LogP contribution in [0.1, 0.15) is 54.9 Å². The number of carbonyl (C=O) groups excluding carboxylic acids is 1. The maximum atomic E-state index is 13.1. The van der Waals surface area contributed by atoms with Crippen molar-refractivity contribution in [3.63, 3.8) is 0 Å². The van der Waals surface area contributed by atoms with Crippen molar-refractivity contribution in [2.75, 3.05) is 20.3 Å². The highest BCUT2D eigenvalue weighted by Gasteiger charge is 2.34. The minimum absolute atomic E-state index is 0.0354. The van der Waals surface area contributed by atoms with Crippen LogP contribution in [0.15, 0.2) is 53.1 Å². The van der Waals surface area contributed by atoms with Crippen molar-refractivity contribution in [3.8, 4) is 22.9 Å². The van der Waals surface area contributed by atoms with Crippen LogP contribution in [0.4, 0.5) is 0 Å². The lowest BCUT2D eigenvalue weighted by molar-refractivity contribution is 0.0710. The SMILES string of the molecule is CCCCOc1ccc(C(=O)N2CCC[C@@H]2c2nc(-c3ccc(OC)cc3)no2)cc1. The summed E-state index contributed by atoms with van der Waals surface area (Å²) in [4.78, 5) is 19.5. The van der Waals surface area contributed by atoms with Crippen LogP contribution in [0.3, 0.4) is 0 Å². The number of nitrogens with zero attached hydrogens (tertiary/aromatic N) is 3. The zero-order valence-electron chi connectivity index (χ0n) is 17.9. The van der Waals surface area contributed by atoms with Gasteiger partial charge in [0.2, 0.25) is 11.7 Å². The fraction of sp³-hybridized carbons (Fsp3) is 0.375. The van der Waals surface area contributed by atoms with Crippen molar-refractivity contribution in [1.82, 2.24) is 15.0 Å².